The predicted octanol–water partition coefficient (Wildman–Crippen LogP) is 5.88. The van der Waals surface area contributed by atoms with Crippen LogP contribution in [-0.2, 0) is 31.0 Å². The van der Waals surface area contributed by atoms with Gasteiger partial charge in [-0.3, -0.25) is 14.5 Å². The monoisotopic (exact) mass is 552 g/mol. The van der Waals surface area contributed by atoms with E-state index in [0.717, 1.165) is 51.9 Å². The van der Waals surface area contributed by atoms with Gasteiger partial charge in [0.2, 0.25) is 0 Å². The molecule has 1 heterocycles. The first-order valence-electron chi connectivity index (χ1n) is 11.8. The Kier molecular flexibility index (Phi) is 8.87. The van der Waals surface area contributed by atoms with Crippen molar-refractivity contribution in [3.05, 3.63) is 50.2 Å². The van der Waals surface area contributed by atoms with E-state index in [-0.39, 0.29) is 24.8 Å². The fraction of sp³-hybridized carbons (Fsp3) is 0.538. The molecule has 34 heavy (non-hydrogen) atoms. The van der Waals surface area contributed by atoms with Crippen molar-refractivity contribution in [2.24, 2.45) is 0 Å². The average molecular weight is 554 g/mol. The number of carbonyl (C=O) groups is 2. The number of fused-ring (bicyclic) bond motifs is 1. The van der Waals surface area contributed by atoms with E-state index in [1.165, 1.54) is 0 Å². The van der Waals surface area contributed by atoms with Crippen LogP contribution in [0.3, 0.4) is 0 Å². The van der Waals surface area contributed by atoms with Crippen LogP contribution in [-0.4, -0.2) is 48.2 Å². The Morgan fingerprint density at radius 3 is 2.38 bits per heavy atom. The van der Waals surface area contributed by atoms with Gasteiger partial charge in [0.25, 0.3) is 0 Å². The molecular weight excluding hydrogens is 520 g/mol. The van der Waals surface area contributed by atoms with Crippen molar-refractivity contribution in [2.75, 3.05) is 26.8 Å². The molecule has 3 rings (SSSR count). The summed E-state index contributed by atoms with van der Waals surface area (Å²) >= 11 is 10.8. The summed E-state index contributed by atoms with van der Waals surface area (Å²) in [5, 5.41) is 0.687. The Morgan fingerprint density at radius 2 is 1.76 bits per heavy atom. The normalized spacial score (nSPS) is 17.5. The third-order valence-electron chi connectivity index (χ3n) is 6.72. The highest BCUT2D eigenvalue weighted by molar-refractivity contribution is 9.10. The number of carbonyl (C=O) groups excluding carboxylic acids is 2. The van der Waals surface area contributed by atoms with E-state index in [4.69, 9.17) is 21.1 Å². The Morgan fingerprint density at radius 1 is 1.15 bits per heavy atom. The number of esters is 2. The van der Waals surface area contributed by atoms with Gasteiger partial charge in [-0.15, -0.1) is 0 Å². The zero-order chi connectivity index (χ0) is 25.0. The van der Waals surface area contributed by atoms with Crippen LogP contribution in [0.15, 0.2) is 22.7 Å². The molecule has 8 heteroatoms. The van der Waals surface area contributed by atoms with Crippen LogP contribution < -0.4 is 0 Å². The van der Waals surface area contributed by atoms with Crippen LogP contribution in [0.5, 0.6) is 0 Å². The molecule has 0 N–H and O–H groups in total. The van der Waals surface area contributed by atoms with Crippen LogP contribution in [0.1, 0.15) is 62.0 Å². The van der Waals surface area contributed by atoms with Crippen molar-refractivity contribution >= 4 is 39.5 Å². The number of hydrogen-bond donors (Lipinski definition) is 0. The molecule has 1 aromatic heterocycles. The van der Waals surface area contributed by atoms with E-state index in [2.05, 4.69) is 51.4 Å². The maximum Gasteiger partial charge on any atom is 0.308 e. The Hall–Kier alpha value is -1.83. The summed E-state index contributed by atoms with van der Waals surface area (Å²) in [5.74, 6) is -0.513. The third kappa shape index (κ3) is 5.21. The minimum absolute atomic E-state index is 0.176. The molecule has 0 amide bonds. The van der Waals surface area contributed by atoms with Gasteiger partial charge in [0.1, 0.15) is 0 Å². The highest BCUT2D eigenvalue weighted by atomic mass is 79.9. The van der Waals surface area contributed by atoms with Gasteiger partial charge in [-0.1, -0.05) is 11.6 Å². The summed E-state index contributed by atoms with van der Waals surface area (Å²) in [7, 11) is 1.97. The predicted molar refractivity (Wildman–Crippen MR) is 138 cm³/mol. The lowest BCUT2D eigenvalue weighted by Gasteiger charge is -2.46. The fourth-order valence-electron chi connectivity index (χ4n) is 5.12. The lowest BCUT2D eigenvalue weighted by atomic mass is 9.73. The standard InChI is InChI=1S/C26H34BrClN2O4/c1-6-33-22(31)12-14-29(5)26(16-23(32)34-7-2)13-8-9-19-20(28)15-21(25(27)24(19)26)30-17(3)10-11-18(30)4/h10-11,15H,6-9,12-14,16H2,1-5H3. The Balaban J connectivity index is 2.18. The smallest absolute Gasteiger partial charge is 0.308 e. The number of nitrogens with zero attached hydrogens (tertiary/aromatic N) is 2. The SMILES string of the molecule is CCOC(=O)CCN(C)C1(CC(=O)OCC)CCCc2c(Cl)cc(-n3c(C)ccc3C)c(Br)c21. The lowest BCUT2D eigenvalue weighted by molar-refractivity contribution is -0.147. The number of aromatic nitrogens is 1. The molecule has 2 aromatic rings. The molecule has 1 atom stereocenters. The average Bonchev–Trinajstić information content (AvgIpc) is 3.12. The minimum Gasteiger partial charge on any atom is -0.466 e. The van der Waals surface area contributed by atoms with Gasteiger partial charge >= 0.3 is 11.9 Å². The van der Waals surface area contributed by atoms with Crippen molar-refractivity contribution in [2.45, 2.75) is 65.3 Å². The van der Waals surface area contributed by atoms with Gasteiger partial charge in [0, 0.05) is 27.4 Å². The largest absolute Gasteiger partial charge is 0.466 e. The van der Waals surface area contributed by atoms with Gasteiger partial charge in [-0.05, 0) is 99.3 Å². The van der Waals surface area contributed by atoms with Gasteiger partial charge in [0.05, 0.1) is 37.3 Å². The highest BCUT2D eigenvalue weighted by Gasteiger charge is 2.45. The van der Waals surface area contributed by atoms with Crippen molar-refractivity contribution < 1.29 is 19.1 Å². The maximum absolute atomic E-state index is 12.9. The van der Waals surface area contributed by atoms with Gasteiger partial charge in [-0.25, -0.2) is 0 Å². The molecule has 1 unspecified atom stereocenters. The van der Waals surface area contributed by atoms with Crippen LogP contribution >= 0.6 is 27.5 Å². The summed E-state index contributed by atoms with van der Waals surface area (Å²) in [4.78, 5) is 27.1. The van der Waals surface area contributed by atoms with E-state index in [9.17, 15) is 9.59 Å². The molecule has 0 spiro atoms. The zero-order valence-corrected chi connectivity index (χ0v) is 23.0. The van der Waals surface area contributed by atoms with Crippen molar-refractivity contribution in [3.8, 4) is 5.69 Å². The topological polar surface area (TPSA) is 60.8 Å². The number of rotatable bonds is 9. The van der Waals surface area contributed by atoms with Crippen LogP contribution in [0, 0.1) is 13.8 Å². The Labute approximate surface area is 215 Å². The maximum atomic E-state index is 12.9. The van der Waals surface area contributed by atoms with Crippen molar-refractivity contribution in [1.29, 1.82) is 0 Å². The second-order valence-electron chi connectivity index (χ2n) is 8.84. The number of benzene rings is 1. The van der Waals surface area contributed by atoms with Crippen LogP contribution in [0.2, 0.25) is 5.02 Å². The molecule has 1 aliphatic rings. The Bertz CT molecular complexity index is 1050. The van der Waals surface area contributed by atoms with E-state index >= 15 is 0 Å². The first-order valence-corrected chi connectivity index (χ1v) is 13.0. The summed E-state index contributed by atoms with van der Waals surface area (Å²) in [6.45, 7) is 8.85. The molecule has 0 saturated heterocycles. The molecule has 1 aromatic carbocycles. The van der Waals surface area contributed by atoms with E-state index in [1.54, 1.807) is 6.92 Å². The minimum atomic E-state index is -0.667. The molecule has 0 saturated carbocycles. The molecule has 0 radical (unpaired) electrons. The van der Waals surface area contributed by atoms with Crippen molar-refractivity contribution in [3.63, 3.8) is 0 Å². The van der Waals surface area contributed by atoms with E-state index in [1.807, 2.05) is 20.0 Å². The summed E-state index contributed by atoms with van der Waals surface area (Å²) < 4.78 is 13.6. The number of ether oxygens (including phenoxy) is 2. The van der Waals surface area contributed by atoms with Crippen molar-refractivity contribution in [1.82, 2.24) is 9.47 Å². The lowest BCUT2D eigenvalue weighted by Crippen LogP contribution is -2.49. The van der Waals surface area contributed by atoms with E-state index in [0.29, 0.717) is 24.8 Å². The first kappa shape index (κ1) is 26.8. The summed E-state index contributed by atoms with van der Waals surface area (Å²) in [6.07, 6.45) is 2.87. The van der Waals surface area contributed by atoms with Crippen LogP contribution in [0.25, 0.3) is 5.69 Å². The molecule has 0 fully saturated rings. The fourth-order valence-corrected chi connectivity index (χ4v) is 6.32. The first-order chi connectivity index (χ1) is 16.2. The third-order valence-corrected chi connectivity index (χ3v) is 7.86. The molecule has 186 valence electrons. The number of halogens is 2. The molecule has 1 aliphatic carbocycles. The van der Waals surface area contributed by atoms with Gasteiger partial charge in [-0.2, -0.15) is 0 Å². The molecular formula is C26H34BrClN2O4. The molecule has 0 aliphatic heterocycles. The number of hydrogen-bond acceptors (Lipinski definition) is 5. The van der Waals surface area contributed by atoms with Gasteiger partial charge in [0.15, 0.2) is 0 Å². The van der Waals surface area contributed by atoms with Gasteiger partial charge < -0.3 is 14.0 Å². The number of aryl methyl sites for hydroxylation is 2. The zero-order valence-electron chi connectivity index (χ0n) is 20.7. The van der Waals surface area contributed by atoms with E-state index < -0.39 is 5.54 Å². The quantitative estimate of drug-likeness (QED) is 0.363. The molecule has 6 nitrogen and oxygen atoms in total. The highest BCUT2D eigenvalue weighted by Crippen LogP contribution is 2.50. The summed E-state index contributed by atoms with van der Waals surface area (Å²) in [6, 6.07) is 6.16. The van der Waals surface area contributed by atoms with Crippen LogP contribution in [0.4, 0.5) is 0 Å². The second-order valence-corrected chi connectivity index (χ2v) is 10.0. The second kappa shape index (κ2) is 11.3. The molecule has 0 bridgehead atoms. The summed E-state index contributed by atoms with van der Waals surface area (Å²) in [5.41, 5.74) is 4.51.